The molecular weight excluding hydrogens is 252 g/mol. The Morgan fingerprint density at radius 1 is 1.30 bits per heavy atom. The van der Waals surface area contributed by atoms with E-state index in [4.69, 9.17) is 15.6 Å². The first-order valence-electron chi connectivity index (χ1n) is 7.60. The van der Waals surface area contributed by atoms with Gasteiger partial charge in [-0.3, -0.25) is 4.90 Å². The highest BCUT2D eigenvalue weighted by Crippen LogP contribution is 2.21. The molecule has 0 spiro atoms. The average Bonchev–Trinajstić information content (AvgIpc) is 2.93. The van der Waals surface area contributed by atoms with Crippen LogP contribution in [-0.4, -0.2) is 42.4 Å². The van der Waals surface area contributed by atoms with E-state index in [9.17, 15) is 0 Å². The summed E-state index contributed by atoms with van der Waals surface area (Å²) in [5.41, 5.74) is 6.70. The molecule has 3 N–H and O–H groups in total. The van der Waals surface area contributed by atoms with Crippen LogP contribution in [0.2, 0.25) is 0 Å². The molecule has 1 aliphatic rings. The van der Waals surface area contributed by atoms with Crippen LogP contribution in [-0.2, 0) is 6.54 Å². The number of aliphatic hydroxyl groups excluding tert-OH is 1. The Kier molecular flexibility index (Phi) is 6.30. The molecule has 0 saturated carbocycles. The number of likely N-dealkylation sites (tertiary alicyclic amines) is 1. The minimum Gasteiger partial charge on any atom is -0.492 e. The van der Waals surface area contributed by atoms with E-state index in [1.165, 1.54) is 12.8 Å². The van der Waals surface area contributed by atoms with Gasteiger partial charge in [-0.05, 0) is 49.9 Å². The average molecular weight is 278 g/mol. The van der Waals surface area contributed by atoms with Gasteiger partial charge < -0.3 is 15.6 Å². The smallest absolute Gasteiger partial charge is 0.119 e. The zero-order valence-electron chi connectivity index (χ0n) is 12.1. The van der Waals surface area contributed by atoms with Crippen LogP contribution in [0.25, 0.3) is 0 Å². The molecule has 1 aromatic rings. The molecule has 0 amide bonds. The topological polar surface area (TPSA) is 58.7 Å². The summed E-state index contributed by atoms with van der Waals surface area (Å²) in [6, 6.07) is 8.61. The summed E-state index contributed by atoms with van der Waals surface area (Å²) in [6.07, 6.45) is 4.52. The van der Waals surface area contributed by atoms with Crippen molar-refractivity contribution in [1.29, 1.82) is 0 Å². The van der Waals surface area contributed by atoms with Gasteiger partial charge in [0.25, 0.3) is 0 Å². The van der Waals surface area contributed by atoms with Crippen LogP contribution < -0.4 is 10.5 Å². The SMILES string of the molecule is NCc1ccc(OCCN2CCCC2CCCO)cc1. The summed E-state index contributed by atoms with van der Waals surface area (Å²) in [5.74, 6) is 0.910. The van der Waals surface area contributed by atoms with Crippen molar-refractivity contribution in [2.45, 2.75) is 38.3 Å². The van der Waals surface area contributed by atoms with Gasteiger partial charge in [-0.15, -0.1) is 0 Å². The van der Waals surface area contributed by atoms with E-state index in [-0.39, 0.29) is 0 Å². The third kappa shape index (κ3) is 4.47. The normalized spacial score (nSPS) is 19.4. The first kappa shape index (κ1) is 15.3. The standard InChI is InChI=1S/C16H26N2O2/c17-13-14-5-7-16(8-6-14)20-12-10-18-9-1-3-15(18)4-2-11-19/h5-8,15,19H,1-4,9-13,17H2. The fourth-order valence-corrected chi connectivity index (χ4v) is 2.85. The van der Waals surface area contributed by atoms with Crippen molar-refractivity contribution in [3.8, 4) is 5.75 Å². The molecule has 0 bridgehead atoms. The predicted octanol–water partition coefficient (Wildman–Crippen LogP) is 1.76. The Bertz CT molecular complexity index is 381. The predicted molar refractivity (Wildman–Crippen MR) is 80.7 cm³/mol. The van der Waals surface area contributed by atoms with Gasteiger partial charge in [0, 0.05) is 25.7 Å². The molecule has 1 aliphatic heterocycles. The van der Waals surface area contributed by atoms with E-state index in [1.807, 2.05) is 24.3 Å². The molecule has 0 radical (unpaired) electrons. The van der Waals surface area contributed by atoms with Gasteiger partial charge in [0.05, 0.1) is 0 Å². The van der Waals surface area contributed by atoms with Crippen molar-refractivity contribution < 1.29 is 9.84 Å². The lowest BCUT2D eigenvalue weighted by atomic mass is 10.1. The molecule has 4 heteroatoms. The summed E-state index contributed by atoms with van der Waals surface area (Å²) >= 11 is 0. The highest BCUT2D eigenvalue weighted by Gasteiger charge is 2.23. The number of rotatable bonds is 8. The molecule has 112 valence electrons. The van der Waals surface area contributed by atoms with Crippen molar-refractivity contribution >= 4 is 0 Å². The number of aliphatic hydroxyl groups is 1. The van der Waals surface area contributed by atoms with Crippen LogP contribution in [0.15, 0.2) is 24.3 Å². The fourth-order valence-electron chi connectivity index (χ4n) is 2.85. The first-order valence-corrected chi connectivity index (χ1v) is 7.60. The van der Waals surface area contributed by atoms with E-state index in [0.717, 1.165) is 43.9 Å². The maximum Gasteiger partial charge on any atom is 0.119 e. The van der Waals surface area contributed by atoms with Gasteiger partial charge in [-0.1, -0.05) is 12.1 Å². The molecule has 1 aromatic carbocycles. The largest absolute Gasteiger partial charge is 0.492 e. The van der Waals surface area contributed by atoms with Gasteiger partial charge in [0.2, 0.25) is 0 Å². The molecule has 1 heterocycles. The number of hydrogen-bond acceptors (Lipinski definition) is 4. The Hall–Kier alpha value is -1.10. The molecular formula is C16H26N2O2. The monoisotopic (exact) mass is 278 g/mol. The molecule has 1 atom stereocenters. The molecule has 1 unspecified atom stereocenters. The molecule has 0 aliphatic carbocycles. The first-order chi connectivity index (χ1) is 9.83. The maximum atomic E-state index is 8.93. The molecule has 20 heavy (non-hydrogen) atoms. The van der Waals surface area contributed by atoms with Gasteiger partial charge in [0.15, 0.2) is 0 Å². The van der Waals surface area contributed by atoms with Crippen LogP contribution in [0.5, 0.6) is 5.75 Å². The lowest BCUT2D eigenvalue weighted by molar-refractivity contribution is 0.180. The second kappa shape index (κ2) is 8.25. The van der Waals surface area contributed by atoms with Crippen molar-refractivity contribution in [2.75, 3.05) is 26.3 Å². The third-order valence-corrected chi connectivity index (χ3v) is 4.00. The van der Waals surface area contributed by atoms with Crippen LogP contribution in [0, 0.1) is 0 Å². The Morgan fingerprint density at radius 3 is 2.80 bits per heavy atom. The lowest BCUT2D eigenvalue weighted by Gasteiger charge is -2.24. The van der Waals surface area contributed by atoms with Crippen molar-refractivity contribution in [3.05, 3.63) is 29.8 Å². The number of ether oxygens (including phenoxy) is 1. The van der Waals surface area contributed by atoms with Crippen LogP contribution >= 0.6 is 0 Å². The number of benzene rings is 1. The summed E-state index contributed by atoms with van der Waals surface area (Å²) in [5, 5.41) is 8.93. The molecule has 1 fully saturated rings. The highest BCUT2D eigenvalue weighted by atomic mass is 16.5. The summed E-state index contributed by atoms with van der Waals surface area (Å²) in [4.78, 5) is 2.49. The molecule has 0 aromatic heterocycles. The second-order valence-corrected chi connectivity index (χ2v) is 5.39. The minimum absolute atomic E-state index is 0.300. The zero-order chi connectivity index (χ0) is 14.2. The molecule has 4 nitrogen and oxygen atoms in total. The van der Waals surface area contributed by atoms with E-state index in [2.05, 4.69) is 4.90 Å². The van der Waals surface area contributed by atoms with E-state index >= 15 is 0 Å². The number of hydrogen-bond donors (Lipinski definition) is 2. The van der Waals surface area contributed by atoms with Crippen molar-refractivity contribution in [3.63, 3.8) is 0 Å². The fraction of sp³-hybridized carbons (Fsp3) is 0.625. The summed E-state index contributed by atoms with van der Waals surface area (Å²) in [7, 11) is 0. The van der Waals surface area contributed by atoms with E-state index < -0.39 is 0 Å². The third-order valence-electron chi connectivity index (χ3n) is 4.00. The number of nitrogens with zero attached hydrogens (tertiary/aromatic N) is 1. The van der Waals surface area contributed by atoms with Crippen LogP contribution in [0.3, 0.4) is 0 Å². The summed E-state index contributed by atoms with van der Waals surface area (Å²) < 4.78 is 5.79. The van der Waals surface area contributed by atoms with Crippen molar-refractivity contribution in [1.82, 2.24) is 4.90 Å². The molecule has 2 rings (SSSR count). The lowest BCUT2D eigenvalue weighted by Crippen LogP contribution is -2.33. The van der Waals surface area contributed by atoms with Gasteiger partial charge in [0.1, 0.15) is 12.4 Å². The number of nitrogens with two attached hydrogens (primary N) is 1. The Labute approximate surface area is 121 Å². The van der Waals surface area contributed by atoms with Crippen molar-refractivity contribution in [2.24, 2.45) is 5.73 Å². The van der Waals surface area contributed by atoms with Gasteiger partial charge in [-0.2, -0.15) is 0 Å². The molecule has 1 saturated heterocycles. The minimum atomic E-state index is 0.300. The van der Waals surface area contributed by atoms with E-state index in [0.29, 0.717) is 19.2 Å². The van der Waals surface area contributed by atoms with Gasteiger partial charge in [-0.25, -0.2) is 0 Å². The maximum absolute atomic E-state index is 8.93. The highest BCUT2D eigenvalue weighted by molar-refractivity contribution is 5.27. The Balaban J connectivity index is 1.71. The Morgan fingerprint density at radius 2 is 2.10 bits per heavy atom. The van der Waals surface area contributed by atoms with Gasteiger partial charge >= 0.3 is 0 Å². The second-order valence-electron chi connectivity index (χ2n) is 5.39. The summed E-state index contributed by atoms with van der Waals surface area (Å²) in [6.45, 7) is 3.72. The van der Waals surface area contributed by atoms with E-state index in [1.54, 1.807) is 0 Å². The van der Waals surface area contributed by atoms with Crippen LogP contribution in [0.1, 0.15) is 31.2 Å². The zero-order valence-corrected chi connectivity index (χ0v) is 12.1. The quantitative estimate of drug-likeness (QED) is 0.761. The van der Waals surface area contributed by atoms with Crippen LogP contribution in [0.4, 0.5) is 0 Å².